The largest absolute Gasteiger partial charge is 0.480 e. The van der Waals surface area contributed by atoms with Crippen molar-refractivity contribution >= 4 is 39.9 Å². The molecule has 2 atom stereocenters. The Kier molecular flexibility index (Phi) is 3.93. The molecule has 6 nitrogen and oxygen atoms in total. The molecule has 1 N–H and O–H groups in total. The van der Waals surface area contributed by atoms with Gasteiger partial charge < -0.3 is 10.0 Å². The number of nitro benzene ring substituents is 1. The molecular weight excluding hydrogens is 363 g/mol. The van der Waals surface area contributed by atoms with E-state index in [1.54, 1.807) is 6.07 Å². The molecule has 0 aliphatic carbocycles. The summed E-state index contributed by atoms with van der Waals surface area (Å²) in [6, 6.07) is 3.96. The van der Waals surface area contributed by atoms with Crippen LogP contribution < -0.4 is 4.90 Å². The molecular formula is C12H13IN2O4. The highest BCUT2D eigenvalue weighted by molar-refractivity contribution is 14.1. The van der Waals surface area contributed by atoms with Crippen molar-refractivity contribution in [1.29, 1.82) is 0 Å². The third-order valence-electron chi connectivity index (χ3n) is 3.40. The number of aliphatic carboxylic acids is 1. The molecule has 0 radical (unpaired) electrons. The van der Waals surface area contributed by atoms with Crippen molar-refractivity contribution in [2.24, 2.45) is 5.92 Å². The van der Waals surface area contributed by atoms with E-state index in [1.165, 1.54) is 12.1 Å². The molecule has 19 heavy (non-hydrogen) atoms. The van der Waals surface area contributed by atoms with Crippen molar-refractivity contribution < 1.29 is 14.8 Å². The highest BCUT2D eigenvalue weighted by atomic mass is 127. The lowest BCUT2D eigenvalue weighted by Crippen LogP contribution is -2.39. The van der Waals surface area contributed by atoms with E-state index in [4.69, 9.17) is 0 Å². The third kappa shape index (κ3) is 2.65. The fourth-order valence-electron chi connectivity index (χ4n) is 2.44. The van der Waals surface area contributed by atoms with Crippen molar-refractivity contribution in [3.05, 3.63) is 31.9 Å². The average Bonchev–Trinajstić information content (AvgIpc) is 2.70. The van der Waals surface area contributed by atoms with Gasteiger partial charge in [0.15, 0.2) is 0 Å². The van der Waals surface area contributed by atoms with E-state index in [-0.39, 0.29) is 11.6 Å². The monoisotopic (exact) mass is 376 g/mol. The van der Waals surface area contributed by atoms with E-state index in [1.807, 2.05) is 34.4 Å². The summed E-state index contributed by atoms with van der Waals surface area (Å²) in [4.78, 5) is 23.4. The number of nitrogens with zero attached hydrogens (tertiary/aromatic N) is 2. The second-order valence-electron chi connectivity index (χ2n) is 4.64. The number of benzene rings is 1. The summed E-state index contributed by atoms with van der Waals surface area (Å²) >= 11 is 2.01. The van der Waals surface area contributed by atoms with E-state index in [9.17, 15) is 20.0 Å². The van der Waals surface area contributed by atoms with Crippen molar-refractivity contribution in [2.45, 2.75) is 19.4 Å². The highest BCUT2D eigenvalue weighted by Gasteiger charge is 2.37. The molecule has 1 aromatic rings. The Balaban J connectivity index is 2.36. The Bertz CT molecular complexity index is 534. The molecule has 1 fully saturated rings. The van der Waals surface area contributed by atoms with E-state index in [0.29, 0.717) is 10.1 Å². The van der Waals surface area contributed by atoms with Crippen LogP contribution in [0.4, 0.5) is 11.4 Å². The van der Waals surface area contributed by atoms with Crippen LogP contribution in [0.25, 0.3) is 0 Å². The van der Waals surface area contributed by atoms with Crippen LogP contribution in [0, 0.1) is 19.6 Å². The predicted octanol–water partition coefficient (Wildman–Crippen LogP) is 2.50. The lowest BCUT2D eigenvalue weighted by Gasteiger charge is -2.26. The third-order valence-corrected chi connectivity index (χ3v) is 4.27. The number of carboxylic acids is 1. The molecule has 1 aromatic carbocycles. The summed E-state index contributed by atoms with van der Waals surface area (Å²) in [6.45, 7) is 2.57. The van der Waals surface area contributed by atoms with Gasteiger partial charge in [-0.25, -0.2) is 4.79 Å². The van der Waals surface area contributed by atoms with Crippen LogP contribution in [0.1, 0.15) is 13.3 Å². The smallest absolute Gasteiger partial charge is 0.326 e. The van der Waals surface area contributed by atoms with Gasteiger partial charge >= 0.3 is 5.97 Å². The normalized spacial score (nSPS) is 22.5. The zero-order chi connectivity index (χ0) is 14.2. The number of hydrogen-bond donors (Lipinski definition) is 1. The summed E-state index contributed by atoms with van der Waals surface area (Å²) < 4.78 is 0.701. The lowest BCUT2D eigenvalue weighted by atomic mass is 10.0. The first-order valence-electron chi connectivity index (χ1n) is 5.85. The minimum Gasteiger partial charge on any atom is -0.480 e. The number of carbonyl (C=O) groups is 1. The Morgan fingerprint density at radius 1 is 1.58 bits per heavy atom. The van der Waals surface area contributed by atoms with Crippen LogP contribution in [0.2, 0.25) is 0 Å². The van der Waals surface area contributed by atoms with E-state index in [0.717, 1.165) is 12.1 Å². The Morgan fingerprint density at radius 3 is 2.79 bits per heavy atom. The second-order valence-corrected chi connectivity index (χ2v) is 5.80. The van der Waals surface area contributed by atoms with Gasteiger partial charge in [-0.2, -0.15) is 0 Å². The van der Waals surface area contributed by atoms with Crippen LogP contribution in [0.15, 0.2) is 18.2 Å². The van der Waals surface area contributed by atoms with E-state index >= 15 is 0 Å². The first-order chi connectivity index (χ1) is 8.91. The van der Waals surface area contributed by atoms with Gasteiger partial charge in [-0.05, 0) is 41.0 Å². The fraction of sp³-hybridized carbons (Fsp3) is 0.417. The van der Waals surface area contributed by atoms with Crippen LogP contribution >= 0.6 is 22.6 Å². The van der Waals surface area contributed by atoms with Crippen molar-refractivity contribution in [3.63, 3.8) is 0 Å². The molecule has 7 heteroatoms. The Hall–Kier alpha value is -1.38. The summed E-state index contributed by atoms with van der Waals surface area (Å²) in [5, 5.41) is 20.0. The summed E-state index contributed by atoms with van der Waals surface area (Å²) in [6.07, 6.45) is 0.810. The summed E-state index contributed by atoms with van der Waals surface area (Å²) in [7, 11) is 0. The summed E-state index contributed by atoms with van der Waals surface area (Å²) in [5.74, 6) is -0.775. The number of nitro groups is 1. The van der Waals surface area contributed by atoms with Crippen molar-refractivity contribution in [3.8, 4) is 0 Å². The highest BCUT2D eigenvalue weighted by Crippen LogP contribution is 2.34. The van der Waals surface area contributed by atoms with Crippen LogP contribution in [0.3, 0.4) is 0 Å². The minimum absolute atomic E-state index is 0.0206. The maximum Gasteiger partial charge on any atom is 0.326 e. The van der Waals surface area contributed by atoms with Gasteiger partial charge in [-0.15, -0.1) is 0 Å². The van der Waals surface area contributed by atoms with Crippen LogP contribution in [0.5, 0.6) is 0 Å². The van der Waals surface area contributed by atoms with Crippen LogP contribution in [-0.4, -0.2) is 28.6 Å². The lowest BCUT2D eigenvalue weighted by molar-refractivity contribution is -0.384. The standard InChI is InChI=1S/C12H13IN2O4/c1-7-4-5-14(11(7)12(16)17)10-3-2-8(15(18)19)6-9(10)13/h2-3,6-7,11H,4-5H2,1H3,(H,16,17). The SMILES string of the molecule is CC1CCN(c2ccc([N+](=O)[O-])cc2I)C1C(=O)O. The van der Waals surface area contributed by atoms with Gasteiger partial charge in [0.1, 0.15) is 6.04 Å². The zero-order valence-corrected chi connectivity index (χ0v) is 12.4. The molecule has 1 aliphatic heterocycles. The van der Waals surface area contributed by atoms with Gasteiger partial charge in [0.05, 0.1) is 10.6 Å². The minimum atomic E-state index is -0.848. The molecule has 1 aliphatic rings. The summed E-state index contributed by atoms with van der Waals surface area (Å²) in [5.41, 5.74) is 0.773. The second kappa shape index (κ2) is 5.32. The van der Waals surface area contributed by atoms with Crippen LogP contribution in [-0.2, 0) is 4.79 Å². The molecule has 0 bridgehead atoms. The molecule has 2 unspecified atom stereocenters. The fourth-order valence-corrected chi connectivity index (χ4v) is 3.24. The van der Waals surface area contributed by atoms with Gasteiger partial charge in [-0.1, -0.05) is 6.92 Å². The van der Waals surface area contributed by atoms with E-state index < -0.39 is 16.9 Å². The van der Waals surface area contributed by atoms with E-state index in [2.05, 4.69) is 0 Å². The van der Waals surface area contributed by atoms with Crippen molar-refractivity contribution in [1.82, 2.24) is 0 Å². The molecule has 0 aromatic heterocycles. The van der Waals surface area contributed by atoms with Gasteiger partial charge in [-0.3, -0.25) is 10.1 Å². The first-order valence-corrected chi connectivity index (χ1v) is 6.93. The number of non-ortho nitro benzene ring substituents is 1. The molecule has 1 saturated heterocycles. The zero-order valence-electron chi connectivity index (χ0n) is 10.2. The number of anilines is 1. The number of carboxylic acid groups (broad SMARTS) is 1. The molecule has 2 rings (SSSR count). The molecule has 1 heterocycles. The van der Waals surface area contributed by atoms with Gasteiger partial charge in [0.25, 0.3) is 5.69 Å². The molecule has 0 spiro atoms. The Labute approximate surface area is 123 Å². The van der Waals surface area contributed by atoms with Crippen molar-refractivity contribution in [2.75, 3.05) is 11.4 Å². The number of halogens is 1. The molecule has 0 amide bonds. The Morgan fingerprint density at radius 2 is 2.26 bits per heavy atom. The predicted molar refractivity (Wildman–Crippen MR) is 78.4 cm³/mol. The van der Waals surface area contributed by atoms with Gasteiger partial charge in [0, 0.05) is 22.2 Å². The van der Waals surface area contributed by atoms with Gasteiger partial charge in [0.2, 0.25) is 0 Å². The quantitative estimate of drug-likeness (QED) is 0.498. The maximum atomic E-state index is 11.3. The first kappa shape index (κ1) is 14.0. The number of rotatable bonds is 3. The molecule has 0 saturated carbocycles. The maximum absolute atomic E-state index is 11.3. The topological polar surface area (TPSA) is 83.7 Å². The molecule has 102 valence electrons. The number of hydrogen-bond acceptors (Lipinski definition) is 4. The average molecular weight is 376 g/mol.